The van der Waals surface area contributed by atoms with E-state index in [0.717, 1.165) is 11.1 Å². The van der Waals surface area contributed by atoms with E-state index in [-0.39, 0.29) is 22.3 Å². The predicted octanol–water partition coefficient (Wildman–Crippen LogP) is 6.10. The number of nitrogens with zero attached hydrogens (tertiary/aromatic N) is 1. The lowest BCUT2D eigenvalue weighted by Crippen LogP contribution is -2.30. The molecule has 3 aromatic carbocycles. The first-order chi connectivity index (χ1) is 16.1. The van der Waals surface area contributed by atoms with E-state index in [1.54, 1.807) is 36.4 Å². The van der Waals surface area contributed by atoms with Gasteiger partial charge in [-0.15, -0.1) is 0 Å². The molecule has 1 heterocycles. The van der Waals surface area contributed by atoms with Gasteiger partial charge in [0.05, 0.1) is 10.9 Å². The maximum atomic E-state index is 13.7. The Labute approximate surface area is 205 Å². The zero-order valence-corrected chi connectivity index (χ0v) is 20.8. The Morgan fingerprint density at radius 3 is 2.18 bits per heavy atom. The van der Waals surface area contributed by atoms with Crippen molar-refractivity contribution in [2.45, 2.75) is 44.2 Å². The van der Waals surface area contributed by atoms with Gasteiger partial charge in [0.1, 0.15) is 4.91 Å². The Kier molecular flexibility index (Phi) is 6.56. The monoisotopic (exact) mass is 495 g/mol. The smallest absolute Gasteiger partial charge is 0.290 e. The molecule has 1 N–H and O–H groups in total. The van der Waals surface area contributed by atoms with Gasteiger partial charge in [-0.25, -0.2) is 8.42 Å². The number of halogens is 1. The van der Waals surface area contributed by atoms with Gasteiger partial charge in [0.15, 0.2) is 5.76 Å². The number of hydrogen-bond donors (Lipinski definition) is 1. The second-order valence-corrected chi connectivity index (χ2v) is 11.1. The first-order valence-corrected chi connectivity index (χ1v) is 12.9. The zero-order chi connectivity index (χ0) is 24.6. The standard InChI is InChI=1S/C27H26ClNO4S/c1-17(2)19-10-12-20(13-11-19)24-26(34(32,33)22-14-8-18(3)9-15-22)25(30)27(31)29(24)16-21-6-4-5-7-23(21)28/h4-15,17,24,30H,16H2,1-3H3. The molecule has 0 radical (unpaired) electrons. The molecule has 34 heavy (non-hydrogen) atoms. The quantitative estimate of drug-likeness (QED) is 0.448. The average Bonchev–Trinajstić information content (AvgIpc) is 3.06. The summed E-state index contributed by atoms with van der Waals surface area (Å²) in [6, 6.07) is 19.9. The van der Waals surface area contributed by atoms with E-state index in [1.165, 1.54) is 17.0 Å². The van der Waals surface area contributed by atoms with Crippen LogP contribution in [-0.4, -0.2) is 24.3 Å². The van der Waals surface area contributed by atoms with E-state index < -0.39 is 27.5 Å². The largest absolute Gasteiger partial charge is 0.502 e. The van der Waals surface area contributed by atoms with E-state index in [0.29, 0.717) is 16.1 Å². The number of hydrogen-bond acceptors (Lipinski definition) is 4. The summed E-state index contributed by atoms with van der Waals surface area (Å²) in [5, 5.41) is 11.3. The van der Waals surface area contributed by atoms with Crippen molar-refractivity contribution in [1.29, 1.82) is 0 Å². The molecule has 1 aliphatic heterocycles. The summed E-state index contributed by atoms with van der Waals surface area (Å²) in [6.45, 7) is 6.04. The molecule has 0 aromatic heterocycles. The van der Waals surface area contributed by atoms with Crippen molar-refractivity contribution in [2.75, 3.05) is 0 Å². The average molecular weight is 496 g/mol. The maximum absolute atomic E-state index is 13.7. The SMILES string of the molecule is Cc1ccc(S(=O)(=O)C2=C(O)C(=O)N(Cc3ccccc3Cl)C2c2ccc(C(C)C)cc2)cc1. The molecular formula is C27H26ClNO4S. The molecule has 5 nitrogen and oxygen atoms in total. The molecule has 0 saturated carbocycles. The van der Waals surface area contributed by atoms with Gasteiger partial charge in [-0.1, -0.05) is 85.6 Å². The molecule has 0 bridgehead atoms. The second-order valence-electron chi connectivity index (χ2n) is 8.78. The van der Waals surface area contributed by atoms with Crippen molar-refractivity contribution in [2.24, 2.45) is 0 Å². The summed E-state index contributed by atoms with van der Waals surface area (Å²) >= 11 is 6.34. The summed E-state index contributed by atoms with van der Waals surface area (Å²) in [5.41, 5.74) is 3.24. The van der Waals surface area contributed by atoms with Crippen molar-refractivity contribution in [3.8, 4) is 0 Å². The third kappa shape index (κ3) is 4.36. The third-order valence-electron chi connectivity index (χ3n) is 6.10. The summed E-state index contributed by atoms with van der Waals surface area (Å²) in [6.07, 6.45) is 0. The number of carbonyl (C=O) groups is 1. The van der Waals surface area contributed by atoms with Gasteiger partial charge in [-0.2, -0.15) is 0 Å². The summed E-state index contributed by atoms with van der Waals surface area (Å²) < 4.78 is 27.4. The van der Waals surface area contributed by atoms with Gasteiger partial charge in [-0.05, 0) is 47.7 Å². The van der Waals surface area contributed by atoms with E-state index in [1.807, 2.05) is 31.2 Å². The molecule has 176 valence electrons. The van der Waals surface area contributed by atoms with E-state index >= 15 is 0 Å². The molecule has 0 aliphatic carbocycles. The maximum Gasteiger partial charge on any atom is 0.290 e. The Morgan fingerprint density at radius 2 is 1.59 bits per heavy atom. The van der Waals surface area contributed by atoms with Crippen LogP contribution in [0, 0.1) is 6.92 Å². The number of aliphatic hydroxyl groups excluding tert-OH is 1. The van der Waals surface area contributed by atoms with Gasteiger partial charge in [0.2, 0.25) is 9.84 Å². The molecule has 0 spiro atoms. The van der Waals surface area contributed by atoms with E-state index in [4.69, 9.17) is 11.6 Å². The lowest BCUT2D eigenvalue weighted by molar-refractivity contribution is -0.130. The third-order valence-corrected chi connectivity index (χ3v) is 8.35. The fraction of sp³-hybridized carbons (Fsp3) is 0.222. The van der Waals surface area contributed by atoms with Crippen LogP contribution < -0.4 is 0 Å². The first kappa shape index (κ1) is 24.0. The minimum Gasteiger partial charge on any atom is -0.502 e. The highest BCUT2D eigenvalue weighted by Crippen LogP contribution is 2.43. The van der Waals surface area contributed by atoms with Crippen LogP contribution in [0.25, 0.3) is 0 Å². The van der Waals surface area contributed by atoms with Crippen molar-refractivity contribution in [3.63, 3.8) is 0 Å². The zero-order valence-electron chi connectivity index (χ0n) is 19.2. The molecule has 0 saturated heterocycles. The fourth-order valence-electron chi connectivity index (χ4n) is 4.12. The highest BCUT2D eigenvalue weighted by molar-refractivity contribution is 7.95. The van der Waals surface area contributed by atoms with E-state index in [2.05, 4.69) is 13.8 Å². The van der Waals surface area contributed by atoms with Gasteiger partial charge in [-0.3, -0.25) is 4.79 Å². The van der Waals surface area contributed by atoms with Crippen LogP contribution in [0.2, 0.25) is 5.02 Å². The van der Waals surface area contributed by atoms with E-state index in [9.17, 15) is 18.3 Å². The second kappa shape index (κ2) is 9.28. The molecule has 1 unspecified atom stereocenters. The van der Waals surface area contributed by atoms with Crippen LogP contribution in [0.15, 0.2) is 88.4 Å². The Bertz CT molecular complexity index is 1360. The molecule has 0 fully saturated rings. The normalized spacial score (nSPS) is 16.6. The first-order valence-electron chi connectivity index (χ1n) is 11.0. The number of rotatable bonds is 6. The Balaban J connectivity index is 1.86. The highest BCUT2D eigenvalue weighted by atomic mass is 35.5. The van der Waals surface area contributed by atoms with Crippen LogP contribution in [0.3, 0.4) is 0 Å². The van der Waals surface area contributed by atoms with Crippen molar-refractivity contribution < 1.29 is 18.3 Å². The molecule has 7 heteroatoms. The van der Waals surface area contributed by atoms with Crippen LogP contribution in [0.4, 0.5) is 0 Å². The highest BCUT2D eigenvalue weighted by Gasteiger charge is 2.47. The Hall–Kier alpha value is -3.09. The summed E-state index contributed by atoms with van der Waals surface area (Å²) in [7, 11) is -4.16. The van der Waals surface area contributed by atoms with Crippen molar-refractivity contribution >= 4 is 27.3 Å². The topological polar surface area (TPSA) is 74.7 Å². The van der Waals surface area contributed by atoms with Crippen LogP contribution in [0.1, 0.15) is 48.1 Å². The van der Waals surface area contributed by atoms with Gasteiger partial charge < -0.3 is 10.0 Å². The minimum absolute atomic E-state index is 0.0239. The number of aryl methyl sites for hydroxylation is 1. The van der Waals surface area contributed by atoms with Crippen molar-refractivity contribution in [3.05, 3.63) is 111 Å². The number of benzene rings is 3. The van der Waals surface area contributed by atoms with Gasteiger partial charge >= 0.3 is 0 Å². The van der Waals surface area contributed by atoms with Crippen LogP contribution in [-0.2, 0) is 21.2 Å². The Morgan fingerprint density at radius 1 is 0.971 bits per heavy atom. The van der Waals surface area contributed by atoms with Crippen LogP contribution in [0.5, 0.6) is 0 Å². The fourth-order valence-corrected chi connectivity index (χ4v) is 5.96. The minimum atomic E-state index is -4.16. The summed E-state index contributed by atoms with van der Waals surface area (Å²) in [5.74, 6) is -1.22. The molecule has 1 atom stereocenters. The summed E-state index contributed by atoms with van der Waals surface area (Å²) in [4.78, 5) is 14.3. The molecule has 1 aliphatic rings. The number of sulfone groups is 1. The van der Waals surface area contributed by atoms with Gasteiger partial charge in [0, 0.05) is 11.6 Å². The molecule has 3 aromatic rings. The lowest BCUT2D eigenvalue weighted by atomic mass is 9.98. The van der Waals surface area contributed by atoms with Crippen molar-refractivity contribution in [1.82, 2.24) is 4.90 Å². The van der Waals surface area contributed by atoms with Crippen LogP contribution >= 0.6 is 11.6 Å². The molecular weight excluding hydrogens is 470 g/mol. The lowest BCUT2D eigenvalue weighted by Gasteiger charge is -2.27. The number of amides is 1. The molecule has 1 amide bonds. The number of carbonyl (C=O) groups excluding carboxylic acids is 1. The predicted molar refractivity (Wildman–Crippen MR) is 133 cm³/mol. The van der Waals surface area contributed by atoms with Gasteiger partial charge in [0.25, 0.3) is 5.91 Å². The number of aliphatic hydroxyl groups is 1. The molecule has 4 rings (SSSR count).